The number of nitrogens with zero attached hydrogens (tertiary/aromatic N) is 8. The van der Waals surface area contributed by atoms with Gasteiger partial charge in [-0.25, -0.2) is 9.67 Å². The van der Waals surface area contributed by atoms with E-state index in [1.165, 1.54) is 0 Å². The molecule has 0 spiro atoms. The van der Waals surface area contributed by atoms with Gasteiger partial charge in [0.2, 0.25) is 5.65 Å². The summed E-state index contributed by atoms with van der Waals surface area (Å²) >= 11 is 0. The number of hydrogen-bond donors (Lipinski definition) is 1. The van der Waals surface area contributed by atoms with E-state index < -0.39 is 0 Å². The highest BCUT2D eigenvalue weighted by Crippen LogP contribution is 2.25. The van der Waals surface area contributed by atoms with Crippen LogP contribution >= 0.6 is 0 Å². The Balaban J connectivity index is 1.39. The molecule has 4 heterocycles. The van der Waals surface area contributed by atoms with Gasteiger partial charge in [-0.3, -0.25) is 9.78 Å². The number of fused-ring (bicyclic) bond motifs is 2. The standard InChI is InChI=1S/C23H15N9/c24-11-15-1-3-16(4-2-15)14-31-21(7-8-27-31)18-9-22-23(25-12-18)29-30-32(22)19-6-5-17-13-26-28-20(17)10-19/h1-10,12-13H,14H2,(H,26,28). The number of aromatic amines is 1. The highest BCUT2D eigenvalue weighted by molar-refractivity contribution is 5.82. The third kappa shape index (κ3) is 2.98. The molecule has 0 amide bonds. The molecule has 4 aromatic heterocycles. The van der Waals surface area contributed by atoms with E-state index in [-0.39, 0.29) is 0 Å². The normalized spacial score (nSPS) is 11.2. The first-order chi connectivity index (χ1) is 15.8. The maximum absolute atomic E-state index is 9.00. The van der Waals surface area contributed by atoms with E-state index in [9.17, 15) is 0 Å². The minimum atomic E-state index is 0.566. The van der Waals surface area contributed by atoms with Gasteiger partial charge in [0.1, 0.15) is 5.52 Å². The number of nitriles is 1. The van der Waals surface area contributed by atoms with E-state index in [4.69, 9.17) is 5.26 Å². The molecule has 1 N–H and O–H groups in total. The zero-order valence-electron chi connectivity index (χ0n) is 16.7. The van der Waals surface area contributed by atoms with Crippen LogP contribution in [0.1, 0.15) is 11.1 Å². The second kappa shape index (κ2) is 7.14. The first-order valence-corrected chi connectivity index (χ1v) is 9.95. The van der Waals surface area contributed by atoms with Crippen LogP contribution in [0.15, 0.2) is 73.2 Å². The van der Waals surface area contributed by atoms with Gasteiger partial charge in [0.05, 0.1) is 41.3 Å². The summed E-state index contributed by atoms with van der Waals surface area (Å²) in [4.78, 5) is 4.51. The third-order valence-electron chi connectivity index (χ3n) is 5.40. The Bertz CT molecular complexity index is 1610. The summed E-state index contributed by atoms with van der Waals surface area (Å²) in [5.41, 5.74) is 6.70. The molecule has 0 unspecified atom stereocenters. The number of rotatable bonds is 4. The molecule has 9 nitrogen and oxygen atoms in total. The van der Waals surface area contributed by atoms with Crippen molar-refractivity contribution in [3.8, 4) is 23.0 Å². The lowest BCUT2D eigenvalue weighted by molar-refractivity contribution is 0.694. The lowest BCUT2D eigenvalue weighted by Crippen LogP contribution is -2.04. The molecule has 0 saturated heterocycles. The summed E-state index contributed by atoms with van der Waals surface area (Å²) in [6.45, 7) is 0.583. The van der Waals surface area contributed by atoms with Crippen molar-refractivity contribution < 1.29 is 0 Å². The van der Waals surface area contributed by atoms with Crippen LogP contribution in [0.2, 0.25) is 0 Å². The zero-order valence-corrected chi connectivity index (χ0v) is 16.7. The quantitative estimate of drug-likeness (QED) is 0.470. The molecule has 0 aliphatic rings. The van der Waals surface area contributed by atoms with Gasteiger partial charge in [-0.2, -0.15) is 15.5 Å². The van der Waals surface area contributed by atoms with Crippen LogP contribution in [0.3, 0.4) is 0 Å². The summed E-state index contributed by atoms with van der Waals surface area (Å²) < 4.78 is 3.68. The molecule has 0 saturated carbocycles. The highest BCUT2D eigenvalue weighted by atomic mass is 15.4. The molecular weight excluding hydrogens is 402 g/mol. The predicted molar refractivity (Wildman–Crippen MR) is 118 cm³/mol. The molecule has 6 aromatic rings. The van der Waals surface area contributed by atoms with Crippen LogP contribution in [0, 0.1) is 11.3 Å². The smallest absolute Gasteiger partial charge is 0.202 e. The van der Waals surface area contributed by atoms with E-state index in [1.54, 1.807) is 23.3 Å². The fraction of sp³-hybridized carbons (Fsp3) is 0.0435. The molecule has 32 heavy (non-hydrogen) atoms. The van der Waals surface area contributed by atoms with Crippen molar-refractivity contribution in [2.75, 3.05) is 0 Å². The SMILES string of the molecule is N#Cc1ccc(Cn2nccc2-c2cnc3nnn(-c4ccc5cn[nH]c5c4)c3c2)cc1. The van der Waals surface area contributed by atoms with Gasteiger partial charge in [-0.05, 0) is 48.0 Å². The fourth-order valence-electron chi connectivity index (χ4n) is 3.76. The van der Waals surface area contributed by atoms with Crippen LogP contribution < -0.4 is 0 Å². The fourth-order valence-corrected chi connectivity index (χ4v) is 3.76. The first kappa shape index (κ1) is 18.0. The Morgan fingerprint density at radius 1 is 1.00 bits per heavy atom. The van der Waals surface area contributed by atoms with Gasteiger partial charge in [-0.1, -0.05) is 17.3 Å². The molecule has 152 valence electrons. The molecule has 9 heteroatoms. The summed E-state index contributed by atoms with van der Waals surface area (Å²) in [7, 11) is 0. The monoisotopic (exact) mass is 417 g/mol. The molecular formula is C23H15N9. The van der Waals surface area contributed by atoms with Crippen LogP contribution in [0.4, 0.5) is 0 Å². The van der Waals surface area contributed by atoms with Gasteiger partial charge in [0, 0.05) is 23.3 Å². The highest BCUT2D eigenvalue weighted by Gasteiger charge is 2.13. The van der Waals surface area contributed by atoms with Crippen LogP contribution in [-0.2, 0) is 6.54 Å². The Morgan fingerprint density at radius 3 is 2.78 bits per heavy atom. The van der Waals surface area contributed by atoms with Crippen molar-refractivity contribution in [3.63, 3.8) is 0 Å². The van der Waals surface area contributed by atoms with Gasteiger partial charge >= 0.3 is 0 Å². The number of H-pyrrole nitrogens is 1. The van der Waals surface area contributed by atoms with E-state index in [0.29, 0.717) is 17.8 Å². The number of aromatic nitrogens is 8. The van der Waals surface area contributed by atoms with Gasteiger partial charge in [0.25, 0.3) is 0 Å². The first-order valence-electron chi connectivity index (χ1n) is 9.95. The summed E-state index contributed by atoms with van der Waals surface area (Å²) in [5.74, 6) is 0. The minimum absolute atomic E-state index is 0.566. The number of nitrogens with one attached hydrogen (secondary N) is 1. The molecule has 0 aliphatic carbocycles. The second-order valence-corrected chi connectivity index (χ2v) is 7.39. The topological polar surface area (TPSA) is 114 Å². The second-order valence-electron chi connectivity index (χ2n) is 7.39. The average molecular weight is 417 g/mol. The molecule has 6 rings (SSSR count). The zero-order chi connectivity index (χ0) is 21.5. The van der Waals surface area contributed by atoms with Crippen molar-refractivity contribution in [1.82, 2.24) is 40.0 Å². The lowest BCUT2D eigenvalue weighted by Gasteiger charge is -2.08. The van der Waals surface area contributed by atoms with E-state index in [0.717, 1.165) is 38.9 Å². The molecule has 0 aliphatic heterocycles. The van der Waals surface area contributed by atoms with Gasteiger partial charge < -0.3 is 0 Å². The number of hydrogen-bond acceptors (Lipinski definition) is 6. The number of benzene rings is 2. The Labute approximate surface area is 181 Å². The summed E-state index contributed by atoms with van der Waals surface area (Å²) in [6, 6.07) is 19.6. The molecule has 0 fully saturated rings. The Morgan fingerprint density at radius 2 is 1.91 bits per heavy atom. The van der Waals surface area contributed by atoms with Crippen molar-refractivity contribution in [1.29, 1.82) is 5.26 Å². The maximum atomic E-state index is 9.00. The molecule has 0 atom stereocenters. The predicted octanol–water partition coefficient (Wildman–Crippen LogP) is 3.48. The van der Waals surface area contributed by atoms with Gasteiger partial charge in [0.15, 0.2) is 0 Å². The molecule has 0 bridgehead atoms. The minimum Gasteiger partial charge on any atom is -0.278 e. The van der Waals surface area contributed by atoms with E-state index >= 15 is 0 Å². The summed E-state index contributed by atoms with van der Waals surface area (Å²) in [6.07, 6.45) is 5.34. The number of pyridine rings is 1. The van der Waals surface area contributed by atoms with Crippen LogP contribution in [-0.4, -0.2) is 40.0 Å². The maximum Gasteiger partial charge on any atom is 0.202 e. The Hall–Kier alpha value is -4.84. The third-order valence-corrected chi connectivity index (χ3v) is 5.40. The van der Waals surface area contributed by atoms with E-state index in [1.807, 2.05) is 59.3 Å². The van der Waals surface area contributed by atoms with Crippen molar-refractivity contribution in [3.05, 3.63) is 84.3 Å². The summed E-state index contributed by atoms with van der Waals surface area (Å²) in [5, 5.41) is 30.1. The van der Waals surface area contributed by atoms with Crippen molar-refractivity contribution in [2.24, 2.45) is 0 Å². The lowest BCUT2D eigenvalue weighted by atomic mass is 10.1. The molecule has 2 aromatic carbocycles. The molecule has 0 radical (unpaired) electrons. The Kier molecular flexibility index (Phi) is 4.01. The van der Waals surface area contributed by atoms with Crippen molar-refractivity contribution >= 4 is 22.1 Å². The van der Waals surface area contributed by atoms with E-state index in [2.05, 4.69) is 36.7 Å². The van der Waals surface area contributed by atoms with Gasteiger partial charge in [-0.15, -0.1) is 5.10 Å². The van der Waals surface area contributed by atoms with Crippen molar-refractivity contribution in [2.45, 2.75) is 6.54 Å². The largest absolute Gasteiger partial charge is 0.278 e. The average Bonchev–Trinajstić information content (AvgIpc) is 3.58. The van der Waals surface area contributed by atoms with Crippen LogP contribution in [0.5, 0.6) is 0 Å². The van der Waals surface area contributed by atoms with Crippen LogP contribution in [0.25, 0.3) is 39.0 Å².